The number of nitrogens with one attached hydrogen (secondary N) is 1. The Bertz CT molecular complexity index is 770. The molecule has 3 atom stereocenters. The molecule has 3 aliphatic rings. The SMILES string of the molecule is O=C1CCCN1c1ccc(-c2noc([C@@H]3C[C@H]4CC[C@@H]3N4)n2)cc1. The van der Waals surface area contributed by atoms with Crippen molar-refractivity contribution in [2.24, 2.45) is 0 Å². The van der Waals surface area contributed by atoms with Gasteiger partial charge in [0, 0.05) is 36.3 Å². The number of aromatic nitrogens is 2. The summed E-state index contributed by atoms with van der Waals surface area (Å²) in [5, 5.41) is 7.77. The van der Waals surface area contributed by atoms with Crippen molar-refractivity contribution in [3.05, 3.63) is 30.2 Å². The van der Waals surface area contributed by atoms with Gasteiger partial charge in [0.05, 0.1) is 5.92 Å². The van der Waals surface area contributed by atoms with Gasteiger partial charge in [-0.2, -0.15) is 4.98 Å². The Morgan fingerprint density at radius 2 is 2.08 bits per heavy atom. The van der Waals surface area contributed by atoms with Crippen LogP contribution in [-0.2, 0) is 4.79 Å². The molecule has 24 heavy (non-hydrogen) atoms. The average Bonchev–Trinajstić information content (AvgIpc) is 3.39. The lowest BCUT2D eigenvalue weighted by molar-refractivity contribution is -0.117. The topological polar surface area (TPSA) is 71.3 Å². The van der Waals surface area contributed by atoms with E-state index in [4.69, 9.17) is 4.52 Å². The van der Waals surface area contributed by atoms with Gasteiger partial charge >= 0.3 is 0 Å². The highest BCUT2D eigenvalue weighted by Crippen LogP contribution is 2.39. The zero-order chi connectivity index (χ0) is 16.1. The Labute approximate surface area is 140 Å². The molecule has 0 unspecified atom stereocenters. The van der Waals surface area contributed by atoms with Crippen LogP contribution in [0.15, 0.2) is 28.8 Å². The van der Waals surface area contributed by atoms with Gasteiger partial charge in [-0.05, 0) is 49.9 Å². The summed E-state index contributed by atoms with van der Waals surface area (Å²) >= 11 is 0. The maximum Gasteiger partial charge on any atom is 0.231 e. The molecular weight excluding hydrogens is 304 g/mol. The molecule has 6 heteroatoms. The first-order valence-electron chi connectivity index (χ1n) is 8.78. The number of hydrogen-bond donors (Lipinski definition) is 1. The Hall–Kier alpha value is -2.21. The van der Waals surface area contributed by atoms with E-state index in [1.54, 1.807) is 0 Å². The summed E-state index contributed by atoms with van der Waals surface area (Å²) in [4.78, 5) is 18.3. The molecule has 0 spiro atoms. The monoisotopic (exact) mass is 324 g/mol. The molecule has 0 saturated carbocycles. The number of nitrogens with zero attached hydrogens (tertiary/aromatic N) is 3. The molecule has 3 saturated heterocycles. The average molecular weight is 324 g/mol. The van der Waals surface area contributed by atoms with Crippen LogP contribution in [0.5, 0.6) is 0 Å². The van der Waals surface area contributed by atoms with Gasteiger partial charge < -0.3 is 14.7 Å². The fraction of sp³-hybridized carbons (Fsp3) is 0.500. The Morgan fingerprint density at radius 1 is 1.21 bits per heavy atom. The van der Waals surface area contributed by atoms with Gasteiger partial charge in [0.15, 0.2) is 0 Å². The molecule has 3 fully saturated rings. The van der Waals surface area contributed by atoms with E-state index in [0.717, 1.165) is 36.5 Å². The van der Waals surface area contributed by atoms with Gasteiger partial charge in [-0.25, -0.2) is 0 Å². The maximum absolute atomic E-state index is 11.8. The number of benzene rings is 1. The standard InChI is InChI=1S/C18H20N4O2/c23-16-2-1-9-22(16)13-6-3-11(4-7-13)17-20-18(24-21-17)14-10-12-5-8-15(14)19-12/h3-4,6-7,12,14-15,19H,1-2,5,8-10H2/t12-,14-,15+/m1/s1. The first-order chi connectivity index (χ1) is 11.8. The molecule has 1 aromatic carbocycles. The maximum atomic E-state index is 11.8. The van der Waals surface area contributed by atoms with Gasteiger partial charge in [-0.1, -0.05) is 5.16 Å². The van der Waals surface area contributed by atoms with Gasteiger partial charge in [0.25, 0.3) is 0 Å². The number of carbonyl (C=O) groups excluding carboxylic acids is 1. The van der Waals surface area contributed by atoms with E-state index in [1.165, 1.54) is 12.8 Å². The first kappa shape index (κ1) is 14.2. The van der Waals surface area contributed by atoms with Crippen molar-refractivity contribution in [1.29, 1.82) is 0 Å². The minimum atomic E-state index is 0.202. The number of hydrogen-bond acceptors (Lipinski definition) is 5. The largest absolute Gasteiger partial charge is 0.339 e. The number of anilines is 1. The second-order valence-electron chi connectivity index (χ2n) is 7.04. The summed E-state index contributed by atoms with van der Waals surface area (Å²) in [6, 6.07) is 8.98. The summed E-state index contributed by atoms with van der Waals surface area (Å²) in [7, 11) is 0. The van der Waals surface area contributed by atoms with Crippen molar-refractivity contribution in [1.82, 2.24) is 15.5 Å². The van der Waals surface area contributed by atoms with Gasteiger partial charge in [-0.3, -0.25) is 4.79 Å². The smallest absolute Gasteiger partial charge is 0.231 e. The molecule has 1 N–H and O–H groups in total. The number of carbonyl (C=O) groups is 1. The van der Waals surface area contributed by atoms with Crippen LogP contribution < -0.4 is 10.2 Å². The van der Waals surface area contributed by atoms with Crippen LogP contribution >= 0.6 is 0 Å². The minimum absolute atomic E-state index is 0.202. The Kier molecular flexibility index (Phi) is 3.19. The van der Waals surface area contributed by atoms with Crippen LogP contribution in [0.4, 0.5) is 5.69 Å². The van der Waals surface area contributed by atoms with Crippen LogP contribution in [0.1, 0.15) is 43.9 Å². The number of amides is 1. The van der Waals surface area contributed by atoms with E-state index in [-0.39, 0.29) is 5.91 Å². The Morgan fingerprint density at radius 3 is 2.75 bits per heavy atom. The molecule has 3 aliphatic heterocycles. The van der Waals surface area contributed by atoms with Crippen molar-refractivity contribution >= 4 is 11.6 Å². The van der Waals surface area contributed by atoms with E-state index < -0.39 is 0 Å². The van der Waals surface area contributed by atoms with E-state index in [0.29, 0.717) is 30.2 Å². The fourth-order valence-electron chi connectivity index (χ4n) is 4.31. The van der Waals surface area contributed by atoms with Crippen LogP contribution in [-0.4, -0.2) is 34.7 Å². The summed E-state index contributed by atoms with van der Waals surface area (Å²) in [5.41, 5.74) is 1.87. The molecule has 0 radical (unpaired) electrons. The second-order valence-corrected chi connectivity index (χ2v) is 7.04. The van der Waals surface area contributed by atoms with Crippen LogP contribution in [0.2, 0.25) is 0 Å². The second kappa shape index (κ2) is 5.41. The summed E-state index contributed by atoms with van der Waals surface area (Å²) in [6.07, 6.45) is 5.15. The number of fused-ring (bicyclic) bond motifs is 2. The van der Waals surface area contributed by atoms with Crippen molar-refractivity contribution < 1.29 is 9.32 Å². The molecule has 5 rings (SSSR count). The third-order valence-corrected chi connectivity index (χ3v) is 5.57. The quantitative estimate of drug-likeness (QED) is 0.939. The highest BCUT2D eigenvalue weighted by molar-refractivity contribution is 5.95. The fourth-order valence-corrected chi connectivity index (χ4v) is 4.31. The van der Waals surface area contributed by atoms with E-state index in [9.17, 15) is 4.79 Å². The molecular formula is C18H20N4O2. The predicted octanol–water partition coefficient (Wildman–Crippen LogP) is 2.47. The van der Waals surface area contributed by atoms with E-state index >= 15 is 0 Å². The highest BCUT2D eigenvalue weighted by atomic mass is 16.5. The van der Waals surface area contributed by atoms with Gasteiger partial charge in [0.2, 0.25) is 17.6 Å². The molecule has 6 nitrogen and oxygen atoms in total. The molecule has 4 heterocycles. The summed E-state index contributed by atoms with van der Waals surface area (Å²) in [6.45, 7) is 0.807. The molecule has 124 valence electrons. The van der Waals surface area contributed by atoms with E-state index in [2.05, 4.69) is 15.5 Å². The van der Waals surface area contributed by atoms with Crippen molar-refractivity contribution in [2.45, 2.75) is 50.1 Å². The Balaban J connectivity index is 1.36. The highest BCUT2D eigenvalue weighted by Gasteiger charge is 2.42. The zero-order valence-corrected chi connectivity index (χ0v) is 13.4. The van der Waals surface area contributed by atoms with Crippen molar-refractivity contribution in [3.8, 4) is 11.4 Å². The molecule has 1 amide bonds. The molecule has 1 aromatic heterocycles. The van der Waals surface area contributed by atoms with Crippen molar-refractivity contribution in [2.75, 3.05) is 11.4 Å². The third kappa shape index (κ3) is 2.24. The molecule has 2 bridgehead atoms. The minimum Gasteiger partial charge on any atom is -0.339 e. The molecule has 0 aliphatic carbocycles. The third-order valence-electron chi connectivity index (χ3n) is 5.57. The lowest BCUT2D eigenvalue weighted by Crippen LogP contribution is -2.23. The van der Waals surface area contributed by atoms with Crippen LogP contribution in [0.25, 0.3) is 11.4 Å². The lowest BCUT2D eigenvalue weighted by Gasteiger charge is -2.15. The van der Waals surface area contributed by atoms with Crippen LogP contribution in [0.3, 0.4) is 0 Å². The van der Waals surface area contributed by atoms with Gasteiger partial charge in [-0.15, -0.1) is 0 Å². The van der Waals surface area contributed by atoms with Crippen LogP contribution in [0, 0.1) is 0 Å². The van der Waals surface area contributed by atoms with Crippen molar-refractivity contribution in [3.63, 3.8) is 0 Å². The first-order valence-corrected chi connectivity index (χ1v) is 8.78. The molecule has 2 aromatic rings. The number of rotatable bonds is 3. The lowest BCUT2D eigenvalue weighted by atomic mass is 9.89. The normalized spacial score (nSPS) is 28.9. The van der Waals surface area contributed by atoms with E-state index in [1.807, 2.05) is 29.2 Å². The summed E-state index contributed by atoms with van der Waals surface area (Å²) < 4.78 is 5.54. The summed E-state index contributed by atoms with van der Waals surface area (Å²) in [5.74, 6) is 1.94. The predicted molar refractivity (Wildman–Crippen MR) is 88.6 cm³/mol. The zero-order valence-electron chi connectivity index (χ0n) is 13.4. The van der Waals surface area contributed by atoms with Gasteiger partial charge in [0.1, 0.15) is 0 Å².